The van der Waals surface area contributed by atoms with Gasteiger partial charge in [-0.3, -0.25) is 4.90 Å². The van der Waals surface area contributed by atoms with Crippen molar-refractivity contribution in [3.8, 4) is 0 Å². The van der Waals surface area contributed by atoms with Crippen molar-refractivity contribution in [3.05, 3.63) is 34.9 Å². The average molecular weight is 224 g/mol. The lowest BCUT2D eigenvalue weighted by atomic mass is 10.2. The molecule has 0 saturated carbocycles. The summed E-state index contributed by atoms with van der Waals surface area (Å²) in [6.07, 6.45) is 1.17. The maximum absolute atomic E-state index is 6.13. The molecule has 2 nitrogen and oxygen atoms in total. The number of nitrogens with zero attached hydrogens (tertiary/aromatic N) is 2. The van der Waals surface area contributed by atoms with E-state index in [1.54, 1.807) is 0 Å². The van der Waals surface area contributed by atoms with E-state index in [0.717, 1.165) is 37.7 Å². The maximum Gasteiger partial charge on any atom is 0.0451 e. The Bertz CT molecular complexity index is 306. The molecule has 1 aromatic carbocycles. The van der Waals surface area contributed by atoms with Crippen LogP contribution in [0, 0.1) is 0 Å². The Morgan fingerprint density at radius 2 is 2.07 bits per heavy atom. The van der Waals surface area contributed by atoms with Gasteiger partial charge >= 0.3 is 0 Å². The number of rotatable bonds is 2. The highest BCUT2D eigenvalue weighted by atomic mass is 35.5. The number of halogens is 1. The van der Waals surface area contributed by atoms with E-state index in [1.807, 2.05) is 18.2 Å². The molecule has 0 aliphatic carbocycles. The summed E-state index contributed by atoms with van der Waals surface area (Å²) in [5.74, 6) is 0. The van der Waals surface area contributed by atoms with Crippen LogP contribution >= 0.6 is 11.6 Å². The van der Waals surface area contributed by atoms with Crippen molar-refractivity contribution < 1.29 is 0 Å². The summed E-state index contributed by atoms with van der Waals surface area (Å²) in [4.78, 5) is 2.43. The molecule has 0 atom stereocenters. The summed E-state index contributed by atoms with van der Waals surface area (Å²) in [6.45, 7) is 5.12. The van der Waals surface area contributed by atoms with Gasteiger partial charge in [0.2, 0.25) is 0 Å². The van der Waals surface area contributed by atoms with Crippen molar-refractivity contribution in [1.29, 1.82) is 0 Å². The summed E-state index contributed by atoms with van der Waals surface area (Å²) in [7, 11) is 0. The van der Waals surface area contributed by atoms with Gasteiger partial charge in [0, 0.05) is 31.2 Å². The van der Waals surface area contributed by atoms with Crippen LogP contribution in [-0.2, 0) is 6.54 Å². The Labute approximate surface area is 96.2 Å². The quantitative estimate of drug-likeness (QED) is 0.751. The molecule has 0 bridgehead atoms. The highest BCUT2D eigenvalue weighted by Gasteiger charge is 2.10. The smallest absolute Gasteiger partial charge is 0.0451 e. The molecule has 1 aromatic rings. The van der Waals surface area contributed by atoms with Crippen LogP contribution < -0.4 is 5.32 Å². The fourth-order valence-corrected chi connectivity index (χ4v) is 2.06. The Morgan fingerprint density at radius 1 is 1.20 bits per heavy atom. The molecule has 0 spiro atoms. The fourth-order valence-electron chi connectivity index (χ4n) is 1.87. The zero-order valence-corrected chi connectivity index (χ0v) is 9.58. The Kier molecular flexibility index (Phi) is 4.01. The summed E-state index contributed by atoms with van der Waals surface area (Å²) in [5, 5.41) is 5.28. The monoisotopic (exact) mass is 223 g/mol. The van der Waals surface area contributed by atoms with Crippen molar-refractivity contribution >= 4 is 11.6 Å². The van der Waals surface area contributed by atoms with Gasteiger partial charge in [0.1, 0.15) is 0 Å². The number of benzene rings is 1. The topological polar surface area (TPSA) is 17.3 Å². The molecule has 1 aliphatic rings. The second-order valence-corrected chi connectivity index (χ2v) is 4.30. The first-order chi connectivity index (χ1) is 7.36. The summed E-state index contributed by atoms with van der Waals surface area (Å²) in [6, 6.07) is 8.08. The van der Waals surface area contributed by atoms with Crippen LogP contribution in [-0.4, -0.2) is 31.1 Å². The van der Waals surface area contributed by atoms with Gasteiger partial charge in [-0.25, -0.2) is 5.32 Å². The zero-order valence-electron chi connectivity index (χ0n) is 8.82. The molecule has 1 fully saturated rings. The van der Waals surface area contributed by atoms with E-state index < -0.39 is 0 Å². The van der Waals surface area contributed by atoms with E-state index in [1.165, 1.54) is 12.0 Å². The molecule has 1 radical (unpaired) electrons. The van der Waals surface area contributed by atoms with Crippen LogP contribution in [0.3, 0.4) is 0 Å². The molecular formula is C12H16ClN2. The third kappa shape index (κ3) is 3.20. The summed E-state index contributed by atoms with van der Waals surface area (Å²) < 4.78 is 0. The van der Waals surface area contributed by atoms with E-state index in [9.17, 15) is 0 Å². The predicted molar refractivity (Wildman–Crippen MR) is 63.2 cm³/mol. The van der Waals surface area contributed by atoms with Crippen LogP contribution in [0.2, 0.25) is 5.02 Å². The minimum Gasteiger partial charge on any atom is -0.298 e. The van der Waals surface area contributed by atoms with Crippen molar-refractivity contribution in [2.75, 3.05) is 26.2 Å². The lowest BCUT2D eigenvalue weighted by Crippen LogP contribution is -2.26. The third-order valence-corrected chi connectivity index (χ3v) is 3.09. The van der Waals surface area contributed by atoms with E-state index in [-0.39, 0.29) is 0 Å². The number of hydrogen-bond acceptors (Lipinski definition) is 1. The van der Waals surface area contributed by atoms with Crippen molar-refractivity contribution in [2.45, 2.75) is 13.0 Å². The van der Waals surface area contributed by atoms with Gasteiger partial charge in [0.05, 0.1) is 0 Å². The lowest BCUT2D eigenvalue weighted by Gasteiger charge is -2.19. The molecule has 0 aromatic heterocycles. The van der Waals surface area contributed by atoms with Crippen molar-refractivity contribution in [3.63, 3.8) is 0 Å². The Morgan fingerprint density at radius 3 is 2.93 bits per heavy atom. The van der Waals surface area contributed by atoms with Crippen LogP contribution in [0.1, 0.15) is 12.0 Å². The first kappa shape index (κ1) is 10.9. The normalized spacial score (nSPS) is 18.7. The van der Waals surface area contributed by atoms with E-state index in [0.29, 0.717) is 0 Å². The van der Waals surface area contributed by atoms with Gasteiger partial charge < -0.3 is 0 Å². The maximum atomic E-state index is 6.13. The van der Waals surface area contributed by atoms with Gasteiger partial charge in [-0.15, -0.1) is 0 Å². The second kappa shape index (κ2) is 5.50. The molecule has 2 rings (SSSR count). The molecule has 0 N–H and O–H groups in total. The number of hydrogen-bond donors (Lipinski definition) is 0. The molecule has 81 valence electrons. The van der Waals surface area contributed by atoms with Crippen molar-refractivity contribution in [2.24, 2.45) is 0 Å². The van der Waals surface area contributed by atoms with Gasteiger partial charge in [0.15, 0.2) is 0 Å². The van der Waals surface area contributed by atoms with E-state index >= 15 is 0 Å². The van der Waals surface area contributed by atoms with Crippen LogP contribution in [0.25, 0.3) is 0 Å². The van der Waals surface area contributed by atoms with Gasteiger partial charge in [-0.05, 0) is 24.6 Å². The minimum atomic E-state index is 0.874. The van der Waals surface area contributed by atoms with E-state index in [4.69, 9.17) is 11.6 Å². The molecule has 1 heterocycles. The standard InChI is InChI=1S/C12H16ClN2/c13-12-5-2-1-4-11(12)10-15-8-3-6-14-7-9-15/h1-2,4-5H,3,6-10H2. The van der Waals surface area contributed by atoms with Crippen LogP contribution in [0.5, 0.6) is 0 Å². The van der Waals surface area contributed by atoms with Gasteiger partial charge in [0.25, 0.3) is 0 Å². The van der Waals surface area contributed by atoms with Crippen molar-refractivity contribution in [1.82, 2.24) is 10.2 Å². The van der Waals surface area contributed by atoms with Crippen LogP contribution in [0.15, 0.2) is 24.3 Å². The molecule has 1 saturated heterocycles. The molecule has 0 unspecified atom stereocenters. The summed E-state index contributed by atoms with van der Waals surface area (Å²) >= 11 is 6.13. The average Bonchev–Trinajstić information content (AvgIpc) is 2.50. The zero-order chi connectivity index (χ0) is 10.5. The SMILES string of the molecule is Clc1ccccc1CN1CCC[N]CC1. The Hall–Kier alpha value is -0.570. The molecule has 15 heavy (non-hydrogen) atoms. The van der Waals surface area contributed by atoms with Gasteiger partial charge in [-0.2, -0.15) is 0 Å². The fraction of sp³-hybridized carbons (Fsp3) is 0.500. The third-order valence-electron chi connectivity index (χ3n) is 2.72. The predicted octanol–water partition coefficient (Wildman–Crippen LogP) is 2.15. The first-order valence-corrected chi connectivity index (χ1v) is 5.83. The first-order valence-electron chi connectivity index (χ1n) is 5.45. The highest BCUT2D eigenvalue weighted by molar-refractivity contribution is 6.31. The molecular weight excluding hydrogens is 208 g/mol. The minimum absolute atomic E-state index is 0.874. The highest BCUT2D eigenvalue weighted by Crippen LogP contribution is 2.17. The molecule has 0 amide bonds. The molecule has 3 heteroatoms. The lowest BCUT2D eigenvalue weighted by molar-refractivity contribution is 0.284. The summed E-state index contributed by atoms with van der Waals surface area (Å²) in [5.41, 5.74) is 1.22. The largest absolute Gasteiger partial charge is 0.298 e. The Balaban J connectivity index is 1.98. The second-order valence-electron chi connectivity index (χ2n) is 3.89. The van der Waals surface area contributed by atoms with Gasteiger partial charge in [-0.1, -0.05) is 29.8 Å². The van der Waals surface area contributed by atoms with E-state index in [2.05, 4.69) is 16.3 Å². The molecule has 1 aliphatic heterocycles. The van der Waals surface area contributed by atoms with Crippen LogP contribution in [0.4, 0.5) is 0 Å².